The minimum absolute atomic E-state index is 0.0584. The van der Waals surface area contributed by atoms with E-state index in [1.165, 1.54) is 0 Å². The van der Waals surface area contributed by atoms with Crippen molar-refractivity contribution in [1.29, 1.82) is 0 Å². The number of nitrogens with zero attached hydrogens (tertiary/aromatic N) is 3. The number of anilines is 1. The molecule has 0 radical (unpaired) electrons. The van der Waals surface area contributed by atoms with Gasteiger partial charge >= 0.3 is 0 Å². The van der Waals surface area contributed by atoms with Crippen LogP contribution in [-0.4, -0.2) is 40.3 Å². The molecule has 4 rings (SSSR count). The Kier molecular flexibility index (Phi) is 6.72. The first kappa shape index (κ1) is 20.9. The average Bonchev–Trinajstić information content (AvgIpc) is 3.22. The number of carbonyl (C=O) groups excluding carboxylic acids is 1. The monoisotopic (exact) mass is 442 g/mol. The van der Waals surface area contributed by atoms with Crippen molar-refractivity contribution in [3.05, 3.63) is 59.4 Å². The number of thioether (sulfide) groups is 1. The second-order valence-corrected chi connectivity index (χ2v) is 8.63. The van der Waals surface area contributed by atoms with Crippen LogP contribution in [-0.2, 0) is 11.3 Å². The first-order valence-electron chi connectivity index (χ1n) is 9.86. The van der Waals surface area contributed by atoms with Crippen molar-refractivity contribution in [2.24, 2.45) is 5.92 Å². The van der Waals surface area contributed by atoms with Crippen molar-refractivity contribution >= 4 is 35.0 Å². The molecule has 0 saturated carbocycles. The quantitative estimate of drug-likeness (QED) is 0.544. The third-order valence-electron chi connectivity index (χ3n) is 5.12. The number of nitrogens with one attached hydrogen (secondary N) is 1. The summed E-state index contributed by atoms with van der Waals surface area (Å²) in [6.45, 7) is 2.10. The number of hydrogen-bond donors (Lipinski definition) is 1. The Morgan fingerprint density at radius 3 is 3.00 bits per heavy atom. The minimum atomic E-state index is -0.0630. The molecule has 1 aliphatic heterocycles. The molecule has 0 aliphatic carbocycles. The molecule has 1 atom stereocenters. The largest absolute Gasteiger partial charge is 0.338 e. The smallest absolute Gasteiger partial charge is 0.241 e. The highest BCUT2D eigenvalue weighted by Crippen LogP contribution is 2.24. The van der Waals surface area contributed by atoms with E-state index in [0.29, 0.717) is 29.8 Å². The lowest BCUT2D eigenvalue weighted by atomic mass is 9.97. The summed E-state index contributed by atoms with van der Waals surface area (Å²) in [4.78, 5) is 20.6. The standard InChI is InChI=1S/C22H23ClN4O2S/c1-30-19-9-3-8-18(12-19)24-22(28)16-6-4-10-27(13-16)14-20-25-21(26-29-20)15-5-2-7-17(23)11-15/h2-3,5,7-9,11-12,16H,4,6,10,13-14H2,1H3,(H,24,28). The van der Waals surface area contributed by atoms with Gasteiger partial charge in [0.15, 0.2) is 0 Å². The van der Waals surface area contributed by atoms with Gasteiger partial charge < -0.3 is 9.84 Å². The molecule has 6 nitrogen and oxygen atoms in total. The summed E-state index contributed by atoms with van der Waals surface area (Å²) in [5, 5.41) is 7.76. The van der Waals surface area contributed by atoms with Gasteiger partial charge in [0.2, 0.25) is 17.6 Å². The van der Waals surface area contributed by atoms with E-state index in [2.05, 4.69) is 20.4 Å². The maximum absolute atomic E-state index is 12.8. The fourth-order valence-corrected chi connectivity index (χ4v) is 4.26. The van der Waals surface area contributed by atoms with E-state index in [4.69, 9.17) is 16.1 Å². The van der Waals surface area contributed by atoms with Crippen molar-refractivity contribution in [3.63, 3.8) is 0 Å². The van der Waals surface area contributed by atoms with Crippen molar-refractivity contribution in [1.82, 2.24) is 15.0 Å². The molecule has 1 aromatic heterocycles. The molecular weight excluding hydrogens is 420 g/mol. The van der Waals surface area contributed by atoms with Gasteiger partial charge in [0.25, 0.3) is 0 Å². The van der Waals surface area contributed by atoms with Crippen LogP contribution in [0, 0.1) is 5.92 Å². The molecule has 1 amide bonds. The zero-order valence-electron chi connectivity index (χ0n) is 16.7. The summed E-state index contributed by atoms with van der Waals surface area (Å²) in [5.41, 5.74) is 1.66. The highest BCUT2D eigenvalue weighted by atomic mass is 35.5. The third-order valence-corrected chi connectivity index (χ3v) is 6.08. The molecule has 1 aliphatic rings. The van der Waals surface area contributed by atoms with Gasteiger partial charge in [-0.05, 0) is 56.0 Å². The average molecular weight is 443 g/mol. The minimum Gasteiger partial charge on any atom is -0.338 e. The van der Waals surface area contributed by atoms with Crippen molar-refractivity contribution in [3.8, 4) is 11.4 Å². The number of amides is 1. The van der Waals surface area contributed by atoms with Gasteiger partial charge in [0, 0.05) is 27.7 Å². The van der Waals surface area contributed by atoms with Crippen LogP contribution in [0.25, 0.3) is 11.4 Å². The molecule has 1 N–H and O–H groups in total. The SMILES string of the molecule is CSc1cccc(NC(=O)C2CCCN(Cc3nc(-c4cccc(Cl)c4)no3)C2)c1. The first-order valence-corrected chi connectivity index (χ1v) is 11.5. The fraction of sp³-hybridized carbons (Fsp3) is 0.318. The normalized spacial score (nSPS) is 17.1. The van der Waals surface area contributed by atoms with Gasteiger partial charge in [0.05, 0.1) is 12.5 Å². The molecule has 0 spiro atoms. The maximum atomic E-state index is 12.8. The molecule has 0 bridgehead atoms. The summed E-state index contributed by atoms with van der Waals surface area (Å²) in [6, 6.07) is 15.3. The molecule has 2 aromatic carbocycles. The van der Waals surface area contributed by atoms with Gasteiger partial charge in [-0.1, -0.05) is 35.0 Å². The van der Waals surface area contributed by atoms with E-state index >= 15 is 0 Å². The van der Waals surface area contributed by atoms with Crippen LogP contribution in [0.3, 0.4) is 0 Å². The van der Waals surface area contributed by atoms with E-state index in [-0.39, 0.29) is 11.8 Å². The van der Waals surface area contributed by atoms with Crippen molar-refractivity contribution in [2.45, 2.75) is 24.3 Å². The number of rotatable bonds is 6. The third kappa shape index (κ3) is 5.22. The molecule has 1 saturated heterocycles. The Labute approximate surface area is 185 Å². The van der Waals surface area contributed by atoms with Crippen LogP contribution in [0.15, 0.2) is 57.9 Å². The summed E-state index contributed by atoms with van der Waals surface area (Å²) >= 11 is 7.70. The fourth-order valence-electron chi connectivity index (χ4n) is 3.61. The van der Waals surface area contributed by atoms with E-state index in [9.17, 15) is 4.79 Å². The van der Waals surface area contributed by atoms with Crippen molar-refractivity contribution < 1.29 is 9.32 Å². The predicted octanol–water partition coefficient (Wildman–Crippen LogP) is 4.96. The van der Waals surface area contributed by atoms with E-state index in [1.54, 1.807) is 11.8 Å². The molecule has 30 heavy (non-hydrogen) atoms. The number of carbonyl (C=O) groups is 1. The Morgan fingerprint density at radius 2 is 2.17 bits per heavy atom. The highest BCUT2D eigenvalue weighted by molar-refractivity contribution is 7.98. The second-order valence-electron chi connectivity index (χ2n) is 7.32. The summed E-state index contributed by atoms with van der Waals surface area (Å²) in [7, 11) is 0. The van der Waals surface area contributed by atoms with E-state index < -0.39 is 0 Å². The lowest BCUT2D eigenvalue weighted by Crippen LogP contribution is -2.40. The maximum Gasteiger partial charge on any atom is 0.241 e. The zero-order valence-corrected chi connectivity index (χ0v) is 18.2. The van der Waals surface area contributed by atoms with E-state index in [0.717, 1.165) is 35.5 Å². The summed E-state index contributed by atoms with van der Waals surface area (Å²) < 4.78 is 5.43. The van der Waals surface area contributed by atoms with Gasteiger partial charge in [-0.2, -0.15) is 4.98 Å². The molecule has 1 unspecified atom stereocenters. The van der Waals surface area contributed by atoms with Crippen molar-refractivity contribution in [2.75, 3.05) is 24.7 Å². The van der Waals surface area contributed by atoms with Crippen LogP contribution in [0.5, 0.6) is 0 Å². The molecule has 156 valence electrons. The number of likely N-dealkylation sites (tertiary alicyclic amines) is 1. The Morgan fingerprint density at radius 1 is 1.30 bits per heavy atom. The number of halogens is 1. The van der Waals surface area contributed by atoms with Gasteiger partial charge in [0.1, 0.15) is 0 Å². The summed E-state index contributed by atoms with van der Waals surface area (Å²) in [6.07, 6.45) is 3.86. The lowest BCUT2D eigenvalue weighted by molar-refractivity contribution is -0.121. The molecule has 8 heteroatoms. The van der Waals surface area contributed by atoms with Gasteiger partial charge in [-0.3, -0.25) is 9.69 Å². The number of benzene rings is 2. The topological polar surface area (TPSA) is 71.3 Å². The highest BCUT2D eigenvalue weighted by Gasteiger charge is 2.27. The first-order chi connectivity index (χ1) is 14.6. The van der Waals surface area contributed by atoms with Crippen LogP contribution >= 0.6 is 23.4 Å². The number of aromatic nitrogens is 2. The zero-order chi connectivity index (χ0) is 20.9. The molecule has 1 fully saturated rings. The van der Waals surface area contributed by atoms with Gasteiger partial charge in [-0.15, -0.1) is 11.8 Å². The van der Waals surface area contributed by atoms with Crippen LogP contribution in [0.2, 0.25) is 5.02 Å². The Bertz CT molecular complexity index is 1030. The number of piperidine rings is 1. The molecular formula is C22H23ClN4O2S. The Hall–Kier alpha value is -2.35. The van der Waals surface area contributed by atoms with Crippen LogP contribution in [0.1, 0.15) is 18.7 Å². The lowest BCUT2D eigenvalue weighted by Gasteiger charge is -2.30. The van der Waals surface area contributed by atoms with E-state index in [1.807, 2.05) is 54.8 Å². The second kappa shape index (κ2) is 9.64. The predicted molar refractivity (Wildman–Crippen MR) is 120 cm³/mol. The summed E-state index contributed by atoms with van der Waals surface area (Å²) in [5.74, 6) is 1.06. The molecule has 3 aromatic rings. The van der Waals surface area contributed by atoms with Gasteiger partial charge in [-0.25, -0.2) is 0 Å². The van der Waals surface area contributed by atoms with Crippen LogP contribution < -0.4 is 5.32 Å². The molecule has 2 heterocycles. The Balaban J connectivity index is 1.36. The number of hydrogen-bond acceptors (Lipinski definition) is 6. The van der Waals surface area contributed by atoms with Crippen LogP contribution in [0.4, 0.5) is 5.69 Å².